The molecule has 0 saturated carbocycles. The zero-order valence-electron chi connectivity index (χ0n) is 20.9. The topological polar surface area (TPSA) is 25.2 Å². The number of nitrogens with zero attached hydrogens (tertiary/aromatic N) is 2. The highest BCUT2D eigenvalue weighted by atomic mass is 14.7. The Morgan fingerprint density at radius 3 is 2.23 bits per heavy atom. The van der Waals surface area contributed by atoms with Gasteiger partial charge in [0.2, 0.25) is 0 Å². The molecule has 1 spiro atoms. The summed E-state index contributed by atoms with van der Waals surface area (Å²) < 4.78 is 0. The van der Waals surface area contributed by atoms with Crippen molar-refractivity contribution in [3.63, 3.8) is 0 Å². The van der Waals surface area contributed by atoms with Crippen LogP contribution in [0.25, 0.3) is 28.0 Å². The van der Waals surface area contributed by atoms with Crippen molar-refractivity contribution >= 4 is 23.1 Å². The molecule has 2 aliphatic carbocycles. The van der Waals surface area contributed by atoms with Gasteiger partial charge in [0.05, 0.1) is 11.1 Å². The number of pyridine rings is 1. The number of allylic oxidation sites excluding steroid dienone is 2. The first kappa shape index (κ1) is 21.7. The van der Waals surface area contributed by atoms with Crippen LogP contribution in [0.4, 0.5) is 0 Å². The van der Waals surface area contributed by atoms with Gasteiger partial charge in [-0.05, 0) is 74.4 Å². The Morgan fingerprint density at radius 1 is 0.943 bits per heavy atom. The van der Waals surface area contributed by atoms with Crippen LogP contribution >= 0.6 is 0 Å². The molecular formula is C33H30N2. The second kappa shape index (κ2) is 7.61. The van der Waals surface area contributed by atoms with Gasteiger partial charge in [-0.2, -0.15) is 0 Å². The van der Waals surface area contributed by atoms with E-state index in [1.54, 1.807) is 0 Å². The van der Waals surface area contributed by atoms with Gasteiger partial charge in [0, 0.05) is 24.3 Å². The maximum absolute atomic E-state index is 4.85. The summed E-state index contributed by atoms with van der Waals surface area (Å²) in [6, 6.07) is 24.7. The Hall–Kier alpha value is -3.78. The zero-order chi connectivity index (χ0) is 24.4. The van der Waals surface area contributed by atoms with Gasteiger partial charge < -0.3 is 0 Å². The molecule has 4 aromatic rings. The fourth-order valence-electron chi connectivity index (χ4n) is 5.99. The quantitative estimate of drug-likeness (QED) is 0.289. The molecule has 1 heterocycles. The molecule has 0 atom stereocenters. The first-order chi connectivity index (χ1) is 16.9. The van der Waals surface area contributed by atoms with E-state index < -0.39 is 5.41 Å². The van der Waals surface area contributed by atoms with Crippen molar-refractivity contribution in [3.8, 4) is 11.1 Å². The molecule has 172 valence electrons. The Kier molecular flexibility index (Phi) is 4.73. The second-order valence-corrected chi connectivity index (χ2v) is 10.6. The minimum atomic E-state index is -0.473. The molecule has 0 saturated heterocycles. The number of aliphatic imine (C=N–C) groups is 1. The van der Waals surface area contributed by atoms with Crippen molar-refractivity contribution in [3.05, 3.63) is 119 Å². The van der Waals surface area contributed by atoms with Crippen molar-refractivity contribution in [2.45, 2.75) is 38.5 Å². The summed E-state index contributed by atoms with van der Waals surface area (Å²) >= 11 is 0. The lowest BCUT2D eigenvalue weighted by Crippen LogP contribution is -2.33. The summed E-state index contributed by atoms with van der Waals surface area (Å²) in [6.07, 6.45) is 6.13. The molecule has 1 aromatic heterocycles. The third-order valence-corrected chi connectivity index (χ3v) is 7.58. The lowest BCUT2D eigenvalue weighted by Gasteiger charge is -2.40. The number of rotatable bonds is 3. The molecule has 0 bridgehead atoms. The van der Waals surface area contributed by atoms with Gasteiger partial charge in [0.25, 0.3) is 0 Å². The van der Waals surface area contributed by atoms with Crippen molar-refractivity contribution in [2.24, 2.45) is 4.99 Å². The van der Waals surface area contributed by atoms with Crippen LogP contribution in [0, 0.1) is 0 Å². The summed E-state index contributed by atoms with van der Waals surface area (Å²) in [4.78, 5) is 9.44. The summed E-state index contributed by atoms with van der Waals surface area (Å²) in [6.45, 7) is 14.2. The van der Waals surface area contributed by atoms with Crippen LogP contribution in [0.15, 0.2) is 95.6 Å². The highest BCUT2D eigenvalue weighted by molar-refractivity contribution is 6.05. The summed E-state index contributed by atoms with van der Waals surface area (Å²) in [5.74, 6) is 0. The fourth-order valence-corrected chi connectivity index (χ4v) is 5.99. The normalized spacial score (nSPS) is 15.4. The third-order valence-electron chi connectivity index (χ3n) is 7.58. The molecular weight excluding hydrogens is 424 g/mol. The molecule has 2 aliphatic rings. The Balaban J connectivity index is 1.84. The van der Waals surface area contributed by atoms with E-state index in [2.05, 4.69) is 112 Å². The van der Waals surface area contributed by atoms with Gasteiger partial charge in [-0.1, -0.05) is 88.0 Å². The van der Waals surface area contributed by atoms with Crippen molar-refractivity contribution in [1.82, 2.24) is 4.98 Å². The van der Waals surface area contributed by atoms with Gasteiger partial charge in [-0.15, -0.1) is 0 Å². The SMILES string of the molecule is C=C(/C=N\CC)C1=Cc2nccc3cc(C(C)(C)C)cc(c23)C12c1ccccc1-c1ccccc12. The van der Waals surface area contributed by atoms with Gasteiger partial charge >= 0.3 is 0 Å². The minimum absolute atomic E-state index is 0.00888. The number of benzene rings is 3. The van der Waals surface area contributed by atoms with Gasteiger partial charge in [0.1, 0.15) is 0 Å². The average Bonchev–Trinajstić information content (AvgIpc) is 3.15. The highest BCUT2D eigenvalue weighted by Gasteiger charge is 2.50. The van der Waals surface area contributed by atoms with Gasteiger partial charge in [-0.3, -0.25) is 9.98 Å². The first-order valence-corrected chi connectivity index (χ1v) is 12.4. The molecule has 0 fully saturated rings. The maximum Gasteiger partial charge on any atom is 0.0727 e. The average molecular weight is 455 g/mol. The Bertz CT molecular complexity index is 1530. The number of fused-ring (bicyclic) bond motifs is 6. The van der Waals surface area contributed by atoms with Gasteiger partial charge in [-0.25, -0.2) is 0 Å². The van der Waals surface area contributed by atoms with Gasteiger partial charge in [0.15, 0.2) is 0 Å². The van der Waals surface area contributed by atoms with Crippen LogP contribution in [0.1, 0.15) is 55.6 Å². The van der Waals surface area contributed by atoms with E-state index in [0.29, 0.717) is 0 Å². The van der Waals surface area contributed by atoms with E-state index in [1.807, 2.05) is 12.4 Å². The largest absolute Gasteiger partial charge is 0.293 e. The van der Waals surface area contributed by atoms with E-state index in [1.165, 1.54) is 44.2 Å². The smallest absolute Gasteiger partial charge is 0.0727 e. The van der Waals surface area contributed by atoms with Crippen LogP contribution in [0.2, 0.25) is 0 Å². The maximum atomic E-state index is 4.85. The molecule has 6 rings (SSSR count). The monoisotopic (exact) mass is 454 g/mol. The Morgan fingerprint density at radius 2 is 1.60 bits per heavy atom. The molecule has 3 aromatic carbocycles. The van der Waals surface area contributed by atoms with Crippen molar-refractivity contribution in [1.29, 1.82) is 0 Å². The van der Waals surface area contributed by atoms with Crippen molar-refractivity contribution < 1.29 is 0 Å². The van der Waals surface area contributed by atoms with E-state index >= 15 is 0 Å². The fraction of sp³-hybridized carbons (Fsp3) is 0.212. The predicted molar refractivity (Wildman–Crippen MR) is 148 cm³/mol. The zero-order valence-corrected chi connectivity index (χ0v) is 20.9. The summed E-state index contributed by atoms with van der Waals surface area (Å²) in [5.41, 5.74) is 10.4. The van der Waals surface area contributed by atoms with Crippen LogP contribution in [-0.4, -0.2) is 17.7 Å². The number of hydrogen-bond donors (Lipinski definition) is 0. The number of hydrogen-bond acceptors (Lipinski definition) is 2. The standard InChI is InChI=1S/C33H30N2/c1-6-34-20-21(2)28-19-30-31-22(15-16-35-30)17-23(32(3,4)5)18-29(31)33(28)26-13-9-7-11-24(26)25-12-8-10-14-27(25)33/h7-20H,2,6H2,1,3-5H3/b34-20-. The summed E-state index contributed by atoms with van der Waals surface area (Å²) in [5, 5.41) is 2.47. The first-order valence-electron chi connectivity index (χ1n) is 12.4. The number of aromatic nitrogens is 1. The van der Waals surface area contributed by atoms with E-state index in [-0.39, 0.29) is 5.41 Å². The molecule has 0 aliphatic heterocycles. The Labute approximate surface area is 207 Å². The van der Waals surface area contributed by atoms with Crippen LogP contribution in [0.3, 0.4) is 0 Å². The minimum Gasteiger partial charge on any atom is -0.293 e. The van der Waals surface area contributed by atoms with E-state index in [4.69, 9.17) is 4.98 Å². The van der Waals surface area contributed by atoms with Crippen molar-refractivity contribution in [2.75, 3.05) is 6.54 Å². The van der Waals surface area contributed by atoms with Crippen LogP contribution in [-0.2, 0) is 10.8 Å². The van der Waals surface area contributed by atoms with Crippen LogP contribution in [0.5, 0.6) is 0 Å². The molecule has 2 nitrogen and oxygen atoms in total. The second-order valence-electron chi connectivity index (χ2n) is 10.6. The molecule has 0 unspecified atom stereocenters. The summed E-state index contributed by atoms with van der Waals surface area (Å²) in [7, 11) is 0. The molecule has 0 radical (unpaired) electrons. The third kappa shape index (κ3) is 2.96. The predicted octanol–water partition coefficient (Wildman–Crippen LogP) is 7.89. The molecule has 2 heteroatoms. The molecule has 35 heavy (non-hydrogen) atoms. The highest BCUT2D eigenvalue weighted by Crippen LogP contribution is 2.60. The van der Waals surface area contributed by atoms with E-state index in [9.17, 15) is 0 Å². The lowest BCUT2D eigenvalue weighted by atomic mass is 9.61. The molecule has 0 N–H and O–H groups in total. The van der Waals surface area contributed by atoms with Crippen LogP contribution < -0.4 is 0 Å². The lowest BCUT2D eigenvalue weighted by molar-refractivity contribution is 0.588. The van der Waals surface area contributed by atoms with E-state index in [0.717, 1.165) is 23.4 Å². The molecule has 0 amide bonds.